The Kier molecular flexibility index (Phi) is 3.64. The van der Waals surface area contributed by atoms with Crippen molar-refractivity contribution in [3.63, 3.8) is 0 Å². The molecule has 0 radical (unpaired) electrons. The molecule has 2 heterocycles. The molecule has 0 fully saturated rings. The number of nitrogens with one attached hydrogen (secondary N) is 1. The van der Waals surface area contributed by atoms with E-state index in [1.54, 1.807) is 6.26 Å². The fraction of sp³-hybridized carbons (Fsp3) is 0.462. The van der Waals surface area contributed by atoms with Gasteiger partial charge in [-0.15, -0.1) is 0 Å². The third-order valence-electron chi connectivity index (χ3n) is 2.97. The zero-order valence-electron chi connectivity index (χ0n) is 10.7. The number of hydrogen-bond acceptors (Lipinski definition) is 3. The van der Waals surface area contributed by atoms with Gasteiger partial charge in [-0.1, -0.05) is 6.92 Å². The second-order valence-corrected chi connectivity index (χ2v) is 4.00. The number of aryl methyl sites for hydroxylation is 1. The van der Waals surface area contributed by atoms with Crippen molar-refractivity contribution in [2.75, 3.05) is 6.54 Å². The molecule has 0 atom stereocenters. The summed E-state index contributed by atoms with van der Waals surface area (Å²) in [6.07, 6.45) is 3.66. The van der Waals surface area contributed by atoms with Crippen LogP contribution in [-0.2, 0) is 13.1 Å². The number of hydrogen-bond donors (Lipinski definition) is 1. The zero-order chi connectivity index (χ0) is 12.3. The van der Waals surface area contributed by atoms with E-state index >= 15 is 0 Å². The lowest BCUT2D eigenvalue weighted by Crippen LogP contribution is -2.11. The minimum Gasteiger partial charge on any atom is -0.467 e. The monoisotopic (exact) mass is 233 g/mol. The van der Waals surface area contributed by atoms with Crippen molar-refractivity contribution in [1.29, 1.82) is 0 Å². The molecule has 2 aromatic heterocycles. The van der Waals surface area contributed by atoms with E-state index in [2.05, 4.69) is 31.2 Å². The van der Waals surface area contributed by atoms with Gasteiger partial charge in [0.2, 0.25) is 0 Å². The van der Waals surface area contributed by atoms with Gasteiger partial charge < -0.3 is 9.73 Å². The molecule has 2 rings (SSSR count). The summed E-state index contributed by atoms with van der Waals surface area (Å²) in [6.45, 7) is 8.87. The molecule has 4 nitrogen and oxygen atoms in total. The van der Waals surface area contributed by atoms with E-state index in [-0.39, 0.29) is 0 Å². The summed E-state index contributed by atoms with van der Waals surface area (Å²) in [6, 6.07) is 2.01. The standard InChI is InChI=1S/C13H19N3O/c1-4-14-9-13-11(6-7-17-13)12-8-15-16(5-2)10(12)3/h6-8,14H,4-5,9H2,1-3H3. The summed E-state index contributed by atoms with van der Waals surface area (Å²) >= 11 is 0. The smallest absolute Gasteiger partial charge is 0.125 e. The fourth-order valence-electron chi connectivity index (χ4n) is 1.99. The summed E-state index contributed by atoms with van der Waals surface area (Å²) in [5, 5.41) is 7.65. The van der Waals surface area contributed by atoms with Gasteiger partial charge >= 0.3 is 0 Å². The van der Waals surface area contributed by atoms with Crippen molar-refractivity contribution >= 4 is 0 Å². The van der Waals surface area contributed by atoms with Gasteiger partial charge in [0, 0.05) is 23.4 Å². The number of nitrogens with zero attached hydrogens (tertiary/aromatic N) is 2. The summed E-state index contributed by atoms with van der Waals surface area (Å²) in [5.41, 5.74) is 3.49. The van der Waals surface area contributed by atoms with Crippen LogP contribution >= 0.6 is 0 Å². The Balaban J connectivity index is 2.32. The minimum atomic E-state index is 0.760. The molecule has 0 aliphatic carbocycles. The Morgan fingerprint density at radius 2 is 2.18 bits per heavy atom. The van der Waals surface area contributed by atoms with Crippen LogP contribution in [0.5, 0.6) is 0 Å². The highest BCUT2D eigenvalue weighted by Crippen LogP contribution is 2.27. The average Bonchev–Trinajstić information content (AvgIpc) is 2.92. The van der Waals surface area contributed by atoms with Crippen molar-refractivity contribution in [3.05, 3.63) is 30.0 Å². The van der Waals surface area contributed by atoms with Crippen molar-refractivity contribution in [1.82, 2.24) is 15.1 Å². The first-order valence-electron chi connectivity index (χ1n) is 6.07. The van der Waals surface area contributed by atoms with Gasteiger partial charge in [-0.3, -0.25) is 4.68 Å². The lowest BCUT2D eigenvalue weighted by Gasteiger charge is -2.04. The minimum absolute atomic E-state index is 0.760. The van der Waals surface area contributed by atoms with Crippen LogP contribution in [0.15, 0.2) is 22.9 Å². The third kappa shape index (κ3) is 2.26. The molecule has 0 aromatic carbocycles. The molecule has 92 valence electrons. The molecular formula is C13H19N3O. The maximum atomic E-state index is 5.52. The van der Waals surface area contributed by atoms with Crippen LogP contribution < -0.4 is 5.32 Å². The largest absolute Gasteiger partial charge is 0.467 e. The van der Waals surface area contributed by atoms with Crippen LogP contribution in [0.4, 0.5) is 0 Å². The summed E-state index contributed by atoms with van der Waals surface area (Å²) < 4.78 is 7.52. The molecule has 4 heteroatoms. The maximum absolute atomic E-state index is 5.52. The van der Waals surface area contributed by atoms with E-state index in [1.165, 1.54) is 5.69 Å². The molecule has 0 saturated heterocycles. The van der Waals surface area contributed by atoms with Crippen LogP contribution in [0, 0.1) is 6.92 Å². The van der Waals surface area contributed by atoms with Crippen molar-refractivity contribution < 1.29 is 4.42 Å². The predicted octanol–water partition coefficient (Wildman–Crippen LogP) is 2.58. The Morgan fingerprint density at radius 3 is 2.82 bits per heavy atom. The number of rotatable bonds is 5. The molecule has 2 aromatic rings. The van der Waals surface area contributed by atoms with E-state index in [4.69, 9.17) is 4.42 Å². The molecule has 0 aliphatic heterocycles. The highest BCUT2D eigenvalue weighted by molar-refractivity contribution is 5.67. The van der Waals surface area contributed by atoms with Gasteiger partial charge in [-0.05, 0) is 26.5 Å². The van der Waals surface area contributed by atoms with Crippen molar-refractivity contribution in [3.8, 4) is 11.1 Å². The second-order valence-electron chi connectivity index (χ2n) is 4.00. The van der Waals surface area contributed by atoms with E-state index < -0.39 is 0 Å². The molecule has 0 aliphatic rings. The summed E-state index contributed by atoms with van der Waals surface area (Å²) in [4.78, 5) is 0. The van der Waals surface area contributed by atoms with Gasteiger partial charge in [-0.2, -0.15) is 5.10 Å². The molecule has 0 bridgehead atoms. The van der Waals surface area contributed by atoms with Crippen LogP contribution in [0.1, 0.15) is 25.3 Å². The molecule has 0 unspecified atom stereocenters. The fourth-order valence-corrected chi connectivity index (χ4v) is 1.99. The summed E-state index contributed by atoms with van der Waals surface area (Å²) in [7, 11) is 0. The zero-order valence-corrected chi connectivity index (χ0v) is 10.7. The molecular weight excluding hydrogens is 214 g/mol. The lowest BCUT2D eigenvalue weighted by molar-refractivity contribution is 0.489. The van der Waals surface area contributed by atoms with Crippen LogP contribution in [-0.4, -0.2) is 16.3 Å². The lowest BCUT2D eigenvalue weighted by atomic mass is 10.1. The Labute approximate surface area is 102 Å². The molecule has 1 N–H and O–H groups in total. The molecule has 0 amide bonds. The Bertz CT molecular complexity index is 485. The van der Waals surface area contributed by atoms with Gasteiger partial charge in [-0.25, -0.2) is 0 Å². The van der Waals surface area contributed by atoms with Gasteiger partial charge in [0.15, 0.2) is 0 Å². The highest BCUT2D eigenvalue weighted by atomic mass is 16.3. The first kappa shape index (κ1) is 11.9. The molecule has 17 heavy (non-hydrogen) atoms. The SMILES string of the molecule is CCNCc1occc1-c1cnn(CC)c1C. The third-order valence-corrected chi connectivity index (χ3v) is 2.97. The topological polar surface area (TPSA) is 43.0 Å². The van der Waals surface area contributed by atoms with Crippen LogP contribution in [0.3, 0.4) is 0 Å². The second kappa shape index (κ2) is 5.19. The van der Waals surface area contributed by atoms with E-state index in [0.717, 1.165) is 36.5 Å². The molecule has 0 spiro atoms. The number of furan rings is 1. The highest BCUT2D eigenvalue weighted by Gasteiger charge is 2.13. The number of aromatic nitrogens is 2. The maximum Gasteiger partial charge on any atom is 0.125 e. The Hall–Kier alpha value is -1.55. The van der Waals surface area contributed by atoms with E-state index in [0.29, 0.717) is 0 Å². The first-order valence-corrected chi connectivity index (χ1v) is 6.07. The van der Waals surface area contributed by atoms with Gasteiger partial charge in [0.05, 0.1) is 19.0 Å². The first-order chi connectivity index (χ1) is 8.27. The van der Waals surface area contributed by atoms with Gasteiger partial charge in [0.1, 0.15) is 5.76 Å². The normalized spacial score (nSPS) is 11.0. The van der Waals surface area contributed by atoms with E-state index in [9.17, 15) is 0 Å². The average molecular weight is 233 g/mol. The van der Waals surface area contributed by atoms with Crippen LogP contribution in [0.2, 0.25) is 0 Å². The van der Waals surface area contributed by atoms with Crippen LogP contribution in [0.25, 0.3) is 11.1 Å². The van der Waals surface area contributed by atoms with Crippen molar-refractivity contribution in [2.45, 2.75) is 33.9 Å². The van der Waals surface area contributed by atoms with E-state index in [1.807, 2.05) is 16.9 Å². The quantitative estimate of drug-likeness (QED) is 0.863. The Morgan fingerprint density at radius 1 is 1.35 bits per heavy atom. The predicted molar refractivity (Wildman–Crippen MR) is 67.7 cm³/mol. The summed E-state index contributed by atoms with van der Waals surface area (Å²) in [5.74, 6) is 0.977. The molecule has 0 saturated carbocycles. The van der Waals surface area contributed by atoms with Crippen molar-refractivity contribution in [2.24, 2.45) is 0 Å². The van der Waals surface area contributed by atoms with Gasteiger partial charge in [0.25, 0.3) is 0 Å².